The van der Waals surface area contributed by atoms with E-state index in [1.807, 2.05) is 42.2 Å². The van der Waals surface area contributed by atoms with Crippen LogP contribution in [0.5, 0.6) is 0 Å². The highest BCUT2D eigenvalue weighted by Gasteiger charge is 2.35. The standard InChI is InChI=1S/C23H22FN3O2S/c1-16(21(28)26-13-5-6-14-26)30-23-25-20(15-17-7-3-2-4-8-17)22(29)27(23)19-11-9-18(24)10-12-19/h2-4,7-12,15-16H,5-6,13-14H2,1H3/b20-15-. The van der Waals surface area contributed by atoms with Gasteiger partial charge < -0.3 is 4.90 Å². The molecule has 2 aromatic rings. The number of amides is 2. The number of carbonyl (C=O) groups excluding carboxylic acids is 2. The number of aliphatic imine (C=N–C) groups is 1. The van der Waals surface area contributed by atoms with Crippen LogP contribution in [0.1, 0.15) is 25.3 Å². The fourth-order valence-corrected chi connectivity index (χ4v) is 4.51. The zero-order valence-electron chi connectivity index (χ0n) is 16.6. The summed E-state index contributed by atoms with van der Waals surface area (Å²) in [6.07, 6.45) is 3.77. The lowest BCUT2D eigenvalue weighted by atomic mass is 10.2. The minimum Gasteiger partial charge on any atom is -0.342 e. The number of benzene rings is 2. The molecule has 0 N–H and O–H groups in total. The van der Waals surface area contributed by atoms with Crippen LogP contribution in [-0.4, -0.2) is 40.2 Å². The van der Waals surface area contributed by atoms with Gasteiger partial charge in [0.05, 0.1) is 10.9 Å². The summed E-state index contributed by atoms with van der Waals surface area (Å²) in [4.78, 5) is 33.8. The van der Waals surface area contributed by atoms with Crippen molar-refractivity contribution in [3.63, 3.8) is 0 Å². The van der Waals surface area contributed by atoms with Crippen molar-refractivity contribution in [1.82, 2.24) is 4.90 Å². The molecule has 0 spiro atoms. The Labute approximate surface area is 179 Å². The zero-order valence-corrected chi connectivity index (χ0v) is 17.4. The van der Waals surface area contributed by atoms with E-state index in [1.165, 1.54) is 28.8 Å². The maximum Gasteiger partial charge on any atom is 0.283 e. The first-order chi connectivity index (χ1) is 14.5. The Balaban J connectivity index is 1.64. The SMILES string of the molecule is CC(SC1=N/C(=C\c2ccccc2)C(=O)N1c1ccc(F)cc1)C(=O)N1CCCC1. The number of carbonyl (C=O) groups is 2. The summed E-state index contributed by atoms with van der Waals surface area (Å²) in [5.74, 6) is -0.629. The lowest BCUT2D eigenvalue weighted by molar-refractivity contribution is -0.129. The van der Waals surface area contributed by atoms with Crippen molar-refractivity contribution in [2.75, 3.05) is 18.0 Å². The van der Waals surface area contributed by atoms with Gasteiger partial charge in [0.2, 0.25) is 5.91 Å². The number of nitrogens with zero attached hydrogens (tertiary/aromatic N) is 3. The van der Waals surface area contributed by atoms with Crippen LogP contribution in [-0.2, 0) is 9.59 Å². The summed E-state index contributed by atoms with van der Waals surface area (Å²) >= 11 is 1.26. The van der Waals surface area contributed by atoms with Crippen molar-refractivity contribution >= 4 is 40.5 Å². The highest BCUT2D eigenvalue weighted by atomic mass is 32.2. The molecule has 0 aromatic heterocycles. The van der Waals surface area contributed by atoms with Crippen LogP contribution in [0.25, 0.3) is 6.08 Å². The first-order valence-electron chi connectivity index (χ1n) is 9.94. The number of rotatable bonds is 4. The first kappa shape index (κ1) is 20.3. The maximum atomic E-state index is 13.4. The molecule has 2 amide bonds. The van der Waals surface area contributed by atoms with Gasteiger partial charge in [-0.05, 0) is 55.7 Å². The van der Waals surface area contributed by atoms with Gasteiger partial charge in [-0.3, -0.25) is 14.5 Å². The molecule has 2 heterocycles. The van der Waals surface area contributed by atoms with E-state index in [0.29, 0.717) is 10.9 Å². The zero-order chi connectivity index (χ0) is 21.1. The third kappa shape index (κ3) is 4.31. The van der Waals surface area contributed by atoms with Crippen molar-refractivity contribution in [2.24, 2.45) is 4.99 Å². The smallest absolute Gasteiger partial charge is 0.283 e. The molecule has 1 atom stereocenters. The van der Waals surface area contributed by atoms with E-state index in [9.17, 15) is 14.0 Å². The van der Waals surface area contributed by atoms with Crippen LogP contribution in [0.2, 0.25) is 0 Å². The summed E-state index contributed by atoms with van der Waals surface area (Å²) in [5.41, 5.74) is 1.66. The molecule has 2 aliphatic rings. The van der Waals surface area contributed by atoms with Crippen molar-refractivity contribution in [2.45, 2.75) is 25.0 Å². The fraction of sp³-hybridized carbons (Fsp3) is 0.261. The predicted octanol–water partition coefficient (Wildman–Crippen LogP) is 4.31. The molecule has 7 heteroatoms. The lowest BCUT2D eigenvalue weighted by Crippen LogP contribution is -2.37. The summed E-state index contributed by atoms with van der Waals surface area (Å²) in [6, 6.07) is 15.2. The summed E-state index contributed by atoms with van der Waals surface area (Å²) in [6.45, 7) is 3.38. The molecule has 0 aliphatic carbocycles. The van der Waals surface area contributed by atoms with E-state index in [-0.39, 0.29) is 28.6 Å². The molecule has 0 saturated carbocycles. The number of hydrogen-bond acceptors (Lipinski definition) is 4. The third-order valence-corrected chi connectivity index (χ3v) is 6.10. The van der Waals surface area contributed by atoms with Gasteiger partial charge >= 0.3 is 0 Å². The Hall–Kier alpha value is -2.93. The predicted molar refractivity (Wildman–Crippen MR) is 119 cm³/mol. The second-order valence-electron chi connectivity index (χ2n) is 7.24. The molecule has 4 rings (SSSR count). The van der Waals surface area contributed by atoms with Crippen LogP contribution in [0, 0.1) is 5.82 Å². The Bertz CT molecular complexity index is 999. The molecule has 154 valence electrons. The molecule has 1 unspecified atom stereocenters. The molecule has 0 radical (unpaired) electrons. The number of hydrogen-bond donors (Lipinski definition) is 0. The van der Waals surface area contributed by atoms with E-state index >= 15 is 0 Å². The second-order valence-corrected chi connectivity index (χ2v) is 8.55. The Morgan fingerprint density at radius 3 is 2.43 bits per heavy atom. The van der Waals surface area contributed by atoms with E-state index in [4.69, 9.17) is 0 Å². The van der Waals surface area contributed by atoms with Gasteiger partial charge in [0, 0.05) is 13.1 Å². The highest BCUT2D eigenvalue weighted by molar-refractivity contribution is 8.15. The topological polar surface area (TPSA) is 53.0 Å². The van der Waals surface area contributed by atoms with E-state index in [2.05, 4.69) is 4.99 Å². The van der Waals surface area contributed by atoms with Crippen LogP contribution in [0.3, 0.4) is 0 Å². The van der Waals surface area contributed by atoms with Gasteiger partial charge in [0.15, 0.2) is 5.17 Å². The van der Waals surface area contributed by atoms with Gasteiger partial charge in [-0.1, -0.05) is 42.1 Å². The van der Waals surface area contributed by atoms with E-state index < -0.39 is 0 Å². The number of likely N-dealkylation sites (tertiary alicyclic amines) is 1. The lowest BCUT2D eigenvalue weighted by Gasteiger charge is -2.23. The van der Waals surface area contributed by atoms with Gasteiger partial charge in [-0.15, -0.1) is 0 Å². The van der Waals surface area contributed by atoms with Crippen molar-refractivity contribution in [3.05, 3.63) is 71.7 Å². The number of anilines is 1. The van der Waals surface area contributed by atoms with E-state index in [1.54, 1.807) is 18.2 Å². The van der Waals surface area contributed by atoms with Crippen LogP contribution in [0.15, 0.2) is 65.3 Å². The number of thioether (sulfide) groups is 1. The van der Waals surface area contributed by atoms with Gasteiger partial charge in [0.1, 0.15) is 11.5 Å². The molecular weight excluding hydrogens is 401 g/mol. The molecule has 2 aromatic carbocycles. The monoisotopic (exact) mass is 423 g/mol. The Morgan fingerprint density at radius 1 is 1.10 bits per heavy atom. The normalized spacial score (nSPS) is 18.8. The number of halogens is 1. The largest absolute Gasteiger partial charge is 0.342 e. The second kappa shape index (κ2) is 8.83. The van der Waals surface area contributed by atoms with E-state index in [0.717, 1.165) is 31.5 Å². The molecule has 30 heavy (non-hydrogen) atoms. The van der Waals surface area contributed by atoms with Crippen molar-refractivity contribution in [3.8, 4) is 0 Å². The third-order valence-electron chi connectivity index (χ3n) is 5.07. The van der Waals surface area contributed by atoms with Crippen LogP contribution < -0.4 is 4.90 Å². The number of amidine groups is 1. The summed E-state index contributed by atoms with van der Waals surface area (Å²) in [5, 5.41) is 0.0440. The minimum atomic E-state index is -0.381. The molecule has 5 nitrogen and oxygen atoms in total. The molecule has 1 saturated heterocycles. The van der Waals surface area contributed by atoms with Crippen LogP contribution in [0.4, 0.5) is 10.1 Å². The van der Waals surface area contributed by atoms with Crippen LogP contribution >= 0.6 is 11.8 Å². The van der Waals surface area contributed by atoms with Gasteiger partial charge in [-0.2, -0.15) is 0 Å². The maximum absolute atomic E-state index is 13.4. The average Bonchev–Trinajstić information content (AvgIpc) is 3.38. The summed E-state index contributed by atoms with van der Waals surface area (Å²) < 4.78 is 13.4. The quantitative estimate of drug-likeness (QED) is 0.689. The highest BCUT2D eigenvalue weighted by Crippen LogP contribution is 2.32. The Kier molecular flexibility index (Phi) is 5.99. The van der Waals surface area contributed by atoms with Crippen molar-refractivity contribution < 1.29 is 14.0 Å². The Morgan fingerprint density at radius 2 is 1.77 bits per heavy atom. The average molecular weight is 424 g/mol. The first-order valence-corrected chi connectivity index (χ1v) is 10.8. The summed E-state index contributed by atoms with van der Waals surface area (Å²) in [7, 11) is 0. The molecule has 2 aliphatic heterocycles. The minimum absolute atomic E-state index is 0.0483. The fourth-order valence-electron chi connectivity index (χ4n) is 3.50. The molecule has 1 fully saturated rings. The van der Waals surface area contributed by atoms with Crippen molar-refractivity contribution in [1.29, 1.82) is 0 Å². The molecular formula is C23H22FN3O2S. The molecule has 0 bridgehead atoms. The van der Waals surface area contributed by atoms with Gasteiger partial charge in [0.25, 0.3) is 5.91 Å². The van der Waals surface area contributed by atoms with Gasteiger partial charge in [-0.25, -0.2) is 9.38 Å².